The molecule has 0 saturated carbocycles. The van der Waals surface area contributed by atoms with E-state index in [0.29, 0.717) is 6.54 Å². The number of nitrogens with one attached hydrogen (secondary N) is 1. The van der Waals surface area contributed by atoms with Crippen LogP contribution >= 0.6 is 0 Å². The SMILES string of the molecule is C[C@@H]1CN(C(=O)N[C@@H](C)CCc2cccn2C)CCS(=O)(=O)C1. The van der Waals surface area contributed by atoms with Gasteiger partial charge in [0.05, 0.1) is 11.5 Å². The van der Waals surface area contributed by atoms with Crippen molar-refractivity contribution in [1.29, 1.82) is 0 Å². The number of hydrogen-bond donors (Lipinski definition) is 1. The average Bonchev–Trinajstić information content (AvgIpc) is 2.79. The van der Waals surface area contributed by atoms with Gasteiger partial charge in [-0.3, -0.25) is 0 Å². The van der Waals surface area contributed by atoms with Gasteiger partial charge >= 0.3 is 6.03 Å². The maximum Gasteiger partial charge on any atom is 0.317 e. The van der Waals surface area contributed by atoms with E-state index in [9.17, 15) is 13.2 Å². The van der Waals surface area contributed by atoms with E-state index in [1.165, 1.54) is 5.69 Å². The second kappa shape index (κ2) is 7.38. The molecule has 1 aromatic heterocycles. The summed E-state index contributed by atoms with van der Waals surface area (Å²) >= 11 is 0. The Kier molecular flexibility index (Phi) is 5.73. The minimum absolute atomic E-state index is 0.0214. The van der Waals surface area contributed by atoms with Crippen LogP contribution in [0.1, 0.15) is 26.0 Å². The predicted octanol–water partition coefficient (Wildman–Crippen LogP) is 1.42. The standard InChI is InChI=1S/C16H27N3O3S/c1-13-11-19(9-10-23(21,22)12-13)16(20)17-14(2)6-7-15-5-4-8-18(15)3/h4-5,8,13-14H,6-7,9-12H2,1-3H3,(H,17,20)/t13-,14+/m1/s1. The zero-order valence-electron chi connectivity index (χ0n) is 14.2. The van der Waals surface area contributed by atoms with E-state index in [1.54, 1.807) is 4.90 Å². The van der Waals surface area contributed by atoms with Crippen LogP contribution in [0.25, 0.3) is 0 Å². The highest BCUT2D eigenvalue weighted by atomic mass is 32.2. The summed E-state index contributed by atoms with van der Waals surface area (Å²) in [5.41, 5.74) is 1.24. The van der Waals surface area contributed by atoms with Crippen LogP contribution < -0.4 is 5.32 Å². The van der Waals surface area contributed by atoms with Gasteiger partial charge in [-0.15, -0.1) is 0 Å². The summed E-state index contributed by atoms with van der Waals surface area (Å²) in [6, 6.07) is 3.98. The smallest absolute Gasteiger partial charge is 0.317 e. The van der Waals surface area contributed by atoms with Crippen LogP contribution in [0, 0.1) is 5.92 Å². The third-order valence-electron chi connectivity index (χ3n) is 4.28. The monoisotopic (exact) mass is 341 g/mol. The Morgan fingerprint density at radius 1 is 1.48 bits per heavy atom. The minimum Gasteiger partial charge on any atom is -0.354 e. The van der Waals surface area contributed by atoms with Crippen molar-refractivity contribution in [3.63, 3.8) is 0 Å². The van der Waals surface area contributed by atoms with Crippen LogP contribution in [-0.4, -0.2) is 54.6 Å². The Morgan fingerprint density at radius 2 is 2.22 bits per heavy atom. The van der Waals surface area contributed by atoms with Gasteiger partial charge in [-0.25, -0.2) is 13.2 Å². The maximum absolute atomic E-state index is 12.4. The molecule has 1 aromatic rings. The second-order valence-electron chi connectivity index (χ2n) is 6.67. The average molecular weight is 341 g/mol. The second-order valence-corrected chi connectivity index (χ2v) is 8.89. The molecule has 0 unspecified atom stereocenters. The van der Waals surface area contributed by atoms with Crippen molar-refractivity contribution in [3.05, 3.63) is 24.0 Å². The number of rotatable bonds is 4. The van der Waals surface area contributed by atoms with E-state index in [0.717, 1.165) is 12.8 Å². The van der Waals surface area contributed by atoms with Gasteiger partial charge in [0.2, 0.25) is 0 Å². The van der Waals surface area contributed by atoms with E-state index in [4.69, 9.17) is 0 Å². The summed E-state index contributed by atoms with van der Waals surface area (Å²) in [5.74, 6) is 0.203. The Hall–Kier alpha value is -1.50. The molecule has 23 heavy (non-hydrogen) atoms. The lowest BCUT2D eigenvalue weighted by atomic mass is 10.1. The van der Waals surface area contributed by atoms with Crippen molar-refractivity contribution in [2.24, 2.45) is 13.0 Å². The summed E-state index contributed by atoms with van der Waals surface area (Å²) in [7, 11) is -1.02. The van der Waals surface area contributed by atoms with Gasteiger partial charge in [0, 0.05) is 38.1 Å². The Labute approximate surface area is 138 Å². The summed E-state index contributed by atoms with van der Waals surface area (Å²) in [6.07, 6.45) is 3.76. The lowest BCUT2D eigenvalue weighted by molar-refractivity contribution is 0.192. The van der Waals surface area contributed by atoms with Crippen molar-refractivity contribution in [3.8, 4) is 0 Å². The topological polar surface area (TPSA) is 71.4 Å². The fourth-order valence-electron chi connectivity index (χ4n) is 2.97. The predicted molar refractivity (Wildman–Crippen MR) is 91.1 cm³/mol. The first kappa shape index (κ1) is 17.8. The first-order valence-corrected chi connectivity index (χ1v) is 9.95. The number of amides is 2. The van der Waals surface area contributed by atoms with Gasteiger partial charge in [-0.2, -0.15) is 0 Å². The van der Waals surface area contributed by atoms with E-state index in [1.807, 2.05) is 33.2 Å². The molecule has 0 aliphatic carbocycles. The van der Waals surface area contributed by atoms with Crippen molar-refractivity contribution < 1.29 is 13.2 Å². The molecular formula is C16H27N3O3S. The Bertz CT molecular complexity index is 639. The minimum atomic E-state index is -3.03. The molecule has 2 heterocycles. The number of carbonyl (C=O) groups is 1. The highest BCUT2D eigenvalue weighted by molar-refractivity contribution is 7.91. The van der Waals surface area contributed by atoms with Gasteiger partial charge in [-0.05, 0) is 37.8 Å². The number of carbonyl (C=O) groups excluding carboxylic acids is 1. The zero-order chi connectivity index (χ0) is 17.0. The van der Waals surface area contributed by atoms with Gasteiger partial charge in [0.25, 0.3) is 0 Å². The highest BCUT2D eigenvalue weighted by Gasteiger charge is 2.27. The quantitative estimate of drug-likeness (QED) is 0.900. The number of aryl methyl sites for hydroxylation is 2. The molecule has 1 fully saturated rings. The van der Waals surface area contributed by atoms with Gasteiger partial charge in [0.1, 0.15) is 0 Å². The Balaban J connectivity index is 1.84. The summed E-state index contributed by atoms with van der Waals surface area (Å²) < 4.78 is 25.6. The molecule has 0 bridgehead atoms. The number of nitrogens with zero attached hydrogens (tertiary/aromatic N) is 2. The van der Waals surface area contributed by atoms with Gasteiger partial charge in [-0.1, -0.05) is 6.92 Å². The number of aromatic nitrogens is 1. The third kappa shape index (κ3) is 5.27. The molecule has 130 valence electrons. The lowest BCUT2D eigenvalue weighted by Crippen LogP contribution is -2.46. The van der Waals surface area contributed by atoms with E-state index < -0.39 is 9.84 Å². The van der Waals surface area contributed by atoms with Gasteiger partial charge in [0.15, 0.2) is 9.84 Å². The number of hydrogen-bond acceptors (Lipinski definition) is 3. The van der Waals surface area contributed by atoms with E-state index >= 15 is 0 Å². The zero-order valence-corrected chi connectivity index (χ0v) is 15.0. The normalized spacial score (nSPS) is 22.4. The maximum atomic E-state index is 12.4. The molecular weight excluding hydrogens is 314 g/mol. The highest BCUT2D eigenvalue weighted by Crippen LogP contribution is 2.12. The molecule has 6 nitrogen and oxygen atoms in total. The number of urea groups is 1. The summed E-state index contributed by atoms with van der Waals surface area (Å²) in [4.78, 5) is 14.0. The van der Waals surface area contributed by atoms with Crippen molar-refractivity contribution in [2.45, 2.75) is 32.7 Å². The summed E-state index contributed by atoms with van der Waals surface area (Å²) in [5, 5.41) is 2.99. The largest absolute Gasteiger partial charge is 0.354 e. The molecule has 7 heteroatoms. The molecule has 1 aliphatic rings. The molecule has 0 radical (unpaired) electrons. The Morgan fingerprint density at radius 3 is 2.87 bits per heavy atom. The first-order chi connectivity index (χ1) is 10.8. The molecule has 1 aliphatic heterocycles. The van der Waals surface area contributed by atoms with Crippen LogP contribution in [0.4, 0.5) is 4.79 Å². The summed E-state index contributed by atoms with van der Waals surface area (Å²) in [6.45, 7) is 4.64. The fraction of sp³-hybridized carbons (Fsp3) is 0.688. The number of sulfone groups is 1. The lowest BCUT2D eigenvalue weighted by Gasteiger charge is -2.25. The fourth-order valence-corrected chi connectivity index (χ4v) is 4.60. The third-order valence-corrected chi connectivity index (χ3v) is 6.17. The van der Waals surface area contributed by atoms with Gasteiger partial charge < -0.3 is 14.8 Å². The molecule has 0 spiro atoms. The first-order valence-electron chi connectivity index (χ1n) is 8.13. The molecule has 2 atom stereocenters. The molecule has 1 N–H and O–H groups in total. The van der Waals surface area contributed by atoms with Crippen LogP contribution in [0.5, 0.6) is 0 Å². The van der Waals surface area contributed by atoms with Crippen LogP contribution in [0.15, 0.2) is 18.3 Å². The van der Waals surface area contributed by atoms with E-state index in [-0.39, 0.29) is 36.0 Å². The molecule has 1 saturated heterocycles. The van der Waals surface area contributed by atoms with Crippen molar-refractivity contribution >= 4 is 15.9 Å². The molecule has 2 rings (SSSR count). The molecule has 0 aromatic carbocycles. The van der Waals surface area contributed by atoms with Crippen molar-refractivity contribution in [2.75, 3.05) is 24.6 Å². The van der Waals surface area contributed by atoms with E-state index in [2.05, 4.69) is 16.0 Å². The van der Waals surface area contributed by atoms with Crippen LogP contribution in [0.2, 0.25) is 0 Å². The van der Waals surface area contributed by atoms with Crippen LogP contribution in [0.3, 0.4) is 0 Å². The molecule has 2 amide bonds. The van der Waals surface area contributed by atoms with Crippen LogP contribution in [-0.2, 0) is 23.3 Å². The van der Waals surface area contributed by atoms with Crippen molar-refractivity contribution in [1.82, 2.24) is 14.8 Å².